The zero-order valence-corrected chi connectivity index (χ0v) is 12.1. The normalized spacial score (nSPS) is 10.9. The van der Waals surface area contributed by atoms with E-state index in [1.54, 1.807) is 0 Å². The molecule has 18 heavy (non-hydrogen) atoms. The average Bonchev–Trinajstić information content (AvgIpc) is 2.31. The third-order valence-electron chi connectivity index (χ3n) is 2.68. The highest BCUT2D eigenvalue weighted by Crippen LogP contribution is 2.16. The summed E-state index contributed by atoms with van der Waals surface area (Å²) in [6.07, 6.45) is 0.706. The number of halogens is 1. The number of aromatic nitrogens is 2. The number of benzene rings is 1. The molecule has 0 amide bonds. The summed E-state index contributed by atoms with van der Waals surface area (Å²) in [7, 11) is 0. The van der Waals surface area contributed by atoms with Crippen LogP contribution in [0, 0.1) is 0 Å². The molecule has 0 aliphatic rings. The average molecular weight is 306 g/mol. The topological polar surface area (TPSA) is 51.8 Å². The van der Waals surface area contributed by atoms with Gasteiger partial charge in [0.15, 0.2) is 0 Å². The van der Waals surface area contributed by atoms with E-state index in [1.165, 1.54) is 5.56 Å². The van der Waals surface area contributed by atoms with E-state index in [-0.39, 0.29) is 0 Å². The van der Waals surface area contributed by atoms with Gasteiger partial charge in [-0.2, -0.15) is 0 Å². The Kier molecular flexibility index (Phi) is 3.97. The third kappa shape index (κ3) is 3.29. The van der Waals surface area contributed by atoms with Crippen molar-refractivity contribution in [1.82, 2.24) is 9.97 Å². The monoisotopic (exact) mass is 305 g/mol. The Balaban J connectivity index is 2.26. The minimum absolute atomic E-state index is 0.360. The number of nitrogen functional groups attached to an aromatic ring is 1. The first kappa shape index (κ1) is 13.0. The van der Waals surface area contributed by atoms with E-state index >= 15 is 0 Å². The molecule has 0 radical (unpaired) electrons. The fraction of sp³-hybridized carbons (Fsp3) is 0.286. The molecule has 2 N–H and O–H groups in total. The van der Waals surface area contributed by atoms with Gasteiger partial charge in [0.1, 0.15) is 11.6 Å². The quantitative estimate of drug-likeness (QED) is 0.943. The van der Waals surface area contributed by atoms with Crippen LogP contribution in [0.15, 0.2) is 34.8 Å². The molecule has 0 aliphatic carbocycles. The van der Waals surface area contributed by atoms with E-state index in [1.807, 2.05) is 18.2 Å². The first-order chi connectivity index (χ1) is 8.54. The standard InChI is InChI=1S/C14H16BrN3/c1-9(2)12-8-13(16)18-14(17-12)7-10-3-5-11(15)6-4-10/h3-6,8-9H,7H2,1-2H3,(H2,16,17,18). The fourth-order valence-electron chi connectivity index (χ4n) is 1.70. The molecule has 4 heteroatoms. The maximum atomic E-state index is 5.82. The molecule has 0 atom stereocenters. The van der Waals surface area contributed by atoms with Gasteiger partial charge in [0.05, 0.1) is 0 Å². The molecule has 0 unspecified atom stereocenters. The minimum atomic E-state index is 0.360. The van der Waals surface area contributed by atoms with Crippen LogP contribution in [0.4, 0.5) is 5.82 Å². The highest BCUT2D eigenvalue weighted by atomic mass is 79.9. The molecule has 0 spiro atoms. The molecule has 2 aromatic rings. The summed E-state index contributed by atoms with van der Waals surface area (Å²) in [5, 5.41) is 0. The van der Waals surface area contributed by atoms with E-state index in [2.05, 4.69) is 51.9 Å². The largest absolute Gasteiger partial charge is 0.384 e. The van der Waals surface area contributed by atoms with E-state index in [4.69, 9.17) is 5.73 Å². The van der Waals surface area contributed by atoms with E-state index < -0.39 is 0 Å². The summed E-state index contributed by atoms with van der Waals surface area (Å²) < 4.78 is 1.07. The van der Waals surface area contributed by atoms with Crippen molar-refractivity contribution in [3.05, 3.63) is 51.9 Å². The Morgan fingerprint density at radius 3 is 2.44 bits per heavy atom. The summed E-state index contributed by atoms with van der Waals surface area (Å²) in [6.45, 7) is 4.20. The van der Waals surface area contributed by atoms with Gasteiger partial charge < -0.3 is 5.73 Å². The molecule has 0 saturated carbocycles. The van der Waals surface area contributed by atoms with Crippen molar-refractivity contribution in [2.45, 2.75) is 26.2 Å². The molecular formula is C14H16BrN3. The lowest BCUT2D eigenvalue weighted by Crippen LogP contribution is -2.05. The van der Waals surface area contributed by atoms with Crippen LogP contribution in [0.25, 0.3) is 0 Å². The van der Waals surface area contributed by atoms with Gasteiger partial charge in [-0.1, -0.05) is 41.9 Å². The fourth-order valence-corrected chi connectivity index (χ4v) is 1.96. The summed E-state index contributed by atoms with van der Waals surface area (Å²) >= 11 is 3.42. The predicted octanol–water partition coefficient (Wildman–Crippen LogP) is 3.54. The molecule has 0 aliphatic heterocycles. The molecule has 0 saturated heterocycles. The van der Waals surface area contributed by atoms with Crippen LogP contribution < -0.4 is 5.73 Å². The van der Waals surface area contributed by atoms with Gasteiger partial charge in [-0.25, -0.2) is 9.97 Å². The maximum absolute atomic E-state index is 5.82. The molecule has 2 rings (SSSR count). The van der Waals surface area contributed by atoms with Crippen molar-refractivity contribution in [3.63, 3.8) is 0 Å². The first-order valence-corrected chi connectivity index (χ1v) is 6.71. The van der Waals surface area contributed by atoms with Gasteiger partial charge in [0.2, 0.25) is 0 Å². The molecule has 1 aromatic carbocycles. The molecule has 0 fully saturated rings. The third-order valence-corrected chi connectivity index (χ3v) is 3.21. The number of hydrogen-bond donors (Lipinski definition) is 1. The molecular weight excluding hydrogens is 290 g/mol. The first-order valence-electron chi connectivity index (χ1n) is 5.92. The molecule has 0 bridgehead atoms. The van der Waals surface area contributed by atoms with Crippen LogP contribution in [-0.4, -0.2) is 9.97 Å². The van der Waals surface area contributed by atoms with Gasteiger partial charge >= 0.3 is 0 Å². The lowest BCUT2D eigenvalue weighted by molar-refractivity contribution is 0.794. The van der Waals surface area contributed by atoms with Gasteiger partial charge in [0, 0.05) is 22.7 Å². The zero-order chi connectivity index (χ0) is 13.1. The van der Waals surface area contributed by atoms with Crippen molar-refractivity contribution in [2.24, 2.45) is 0 Å². The number of anilines is 1. The van der Waals surface area contributed by atoms with Crippen LogP contribution in [-0.2, 0) is 6.42 Å². The summed E-state index contributed by atoms with van der Waals surface area (Å²) in [6, 6.07) is 10.0. The molecule has 1 heterocycles. The lowest BCUT2D eigenvalue weighted by atomic mass is 10.1. The molecule has 1 aromatic heterocycles. The summed E-state index contributed by atoms with van der Waals surface area (Å²) in [4.78, 5) is 8.84. The second-order valence-electron chi connectivity index (χ2n) is 4.59. The van der Waals surface area contributed by atoms with Gasteiger partial charge in [-0.3, -0.25) is 0 Å². The zero-order valence-electron chi connectivity index (χ0n) is 10.5. The smallest absolute Gasteiger partial charge is 0.135 e. The Labute approximate surface area is 116 Å². The highest BCUT2D eigenvalue weighted by Gasteiger charge is 2.07. The van der Waals surface area contributed by atoms with Gasteiger partial charge in [0.25, 0.3) is 0 Å². The van der Waals surface area contributed by atoms with Crippen LogP contribution in [0.5, 0.6) is 0 Å². The van der Waals surface area contributed by atoms with Crippen molar-refractivity contribution in [2.75, 3.05) is 5.73 Å². The van der Waals surface area contributed by atoms with Crippen molar-refractivity contribution in [3.8, 4) is 0 Å². The van der Waals surface area contributed by atoms with E-state index in [9.17, 15) is 0 Å². The number of hydrogen-bond acceptors (Lipinski definition) is 3. The van der Waals surface area contributed by atoms with Crippen LogP contribution >= 0.6 is 15.9 Å². The van der Waals surface area contributed by atoms with Gasteiger partial charge in [-0.05, 0) is 23.6 Å². The molecule has 3 nitrogen and oxygen atoms in total. The number of nitrogens with two attached hydrogens (primary N) is 1. The van der Waals surface area contributed by atoms with Crippen LogP contribution in [0.3, 0.4) is 0 Å². The summed E-state index contributed by atoms with van der Waals surface area (Å²) in [5.41, 5.74) is 7.99. The summed E-state index contributed by atoms with van der Waals surface area (Å²) in [5.74, 6) is 1.68. The van der Waals surface area contributed by atoms with E-state index in [0.717, 1.165) is 16.0 Å². The lowest BCUT2D eigenvalue weighted by Gasteiger charge is -2.08. The van der Waals surface area contributed by atoms with Crippen molar-refractivity contribution in [1.29, 1.82) is 0 Å². The Morgan fingerprint density at radius 1 is 1.17 bits per heavy atom. The van der Waals surface area contributed by atoms with Crippen LogP contribution in [0.2, 0.25) is 0 Å². The Bertz CT molecular complexity index is 535. The number of nitrogens with zero attached hydrogens (tertiary/aromatic N) is 2. The van der Waals surface area contributed by atoms with E-state index in [0.29, 0.717) is 18.2 Å². The second kappa shape index (κ2) is 5.48. The van der Waals surface area contributed by atoms with Crippen molar-refractivity contribution < 1.29 is 0 Å². The number of rotatable bonds is 3. The highest BCUT2D eigenvalue weighted by molar-refractivity contribution is 9.10. The van der Waals surface area contributed by atoms with Crippen molar-refractivity contribution >= 4 is 21.7 Å². The maximum Gasteiger partial charge on any atom is 0.135 e. The predicted molar refractivity (Wildman–Crippen MR) is 77.5 cm³/mol. The Morgan fingerprint density at radius 2 is 1.83 bits per heavy atom. The minimum Gasteiger partial charge on any atom is -0.384 e. The van der Waals surface area contributed by atoms with Crippen LogP contribution in [0.1, 0.15) is 36.8 Å². The second-order valence-corrected chi connectivity index (χ2v) is 5.51. The Hall–Kier alpha value is -1.42. The van der Waals surface area contributed by atoms with Gasteiger partial charge in [-0.15, -0.1) is 0 Å². The molecule has 94 valence electrons. The SMILES string of the molecule is CC(C)c1cc(N)nc(Cc2ccc(Br)cc2)n1.